The van der Waals surface area contributed by atoms with Crippen LogP contribution in [0.25, 0.3) is 0 Å². The zero-order valence-electron chi connectivity index (χ0n) is 10.5. The summed E-state index contributed by atoms with van der Waals surface area (Å²) in [6.07, 6.45) is 2.46. The quantitative estimate of drug-likeness (QED) is 0.564. The Morgan fingerprint density at radius 1 is 1.56 bits per heavy atom. The Hall–Kier alpha value is -0.550. The summed E-state index contributed by atoms with van der Waals surface area (Å²) in [7, 11) is 0. The summed E-state index contributed by atoms with van der Waals surface area (Å²) in [4.78, 5) is 23.5. The van der Waals surface area contributed by atoms with Gasteiger partial charge in [0.15, 0.2) is 0 Å². The molecule has 0 aromatic heterocycles. The Morgan fingerprint density at radius 2 is 2.33 bits per heavy atom. The number of thioether (sulfide) groups is 1. The van der Waals surface area contributed by atoms with E-state index in [1.165, 1.54) is 0 Å². The molecule has 3 rings (SSSR count). The lowest BCUT2D eigenvalue weighted by atomic mass is 9.57. The number of fused-ring (bicyclic) bond motifs is 2. The molecule has 5 heteroatoms. The summed E-state index contributed by atoms with van der Waals surface area (Å²) in [5.41, 5.74) is 5.70. The van der Waals surface area contributed by atoms with Crippen molar-refractivity contribution in [3.63, 3.8) is 0 Å². The maximum Gasteiger partial charge on any atom is 0.311 e. The molecule has 0 spiro atoms. The molecule has 0 bridgehead atoms. The number of carbonyl (C=O) groups excluding carboxylic acids is 2. The lowest BCUT2D eigenvalue weighted by molar-refractivity contribution is -0.144. The Morgan fingerprint density at radius 3 is 3.06 bits per heavy atom. The van der Waals surface area contributed by atoms with E-state index in [9.17, 15) is 9.59 Å². The highest BCUT2D eigenvalue weighted by atomic mass is 32.2. The second-order valence-corrected chi connectivity index (χ2v) is 6.97. The molecule has 0 amide bonds. The van der Waals surface area contributed by atoms with E-state index in [0.29, 0.717) is 11.8 Å². The third-order valence-electron chi connectivity index (χ3n) is 5.14. The van der Waals surface area contributed by atoms with Gasteiger partial charge in [-0.1, -0.05) is 0 Å². The lowest BCUT2D eigenvalue weighted by Gasteiger charge is -2.49. The molecule has 1 saturated carbocycles. The lowest BCUT2D eigenvalue weighted by Crippen LogP contribution is -2.64. The molecule has 3 fully saturated rings. The molecule has 0 aromatic rings. The largest absolute Gasteiger partial charge is 0.460 e. The second kappa shape index (κ2) is 4.23. The van der Waals surface area contributed by atoms with Crippen molar-refractivity contribution >= 4 is 24.0 Å². The minimum absolute atomic E-state index is 0.203. The topological polar surface area (TPSA) is 69.4 Å². The van der Waals surface area contributed by atoms with Crippen LogP contribution in [0.1, 0.15) is 19.8 Å². The Bertz CT molecular complexity index is 388. The van der Waals surface area contributed by atoms with Gasteiger partial charge in [-0.3, -0.25) is 4.79 Å². The standard InChI is InChI=1S/C13H19NO3S/c1-7-13(14)10(12(16)17-7)4-8-6-18-3-2-9(8)11(13)5-15/h5,7-11H,2-4,6,14H2,1H3/t7-,8-,9-,10+,11+,13+/m1/s1. The number of ether oxygens (including phenoxy) is 1. The maximum atomic E-state index is 11.9. The van der Waals surface area contributed by atoms with Gasteiger partial charge in [0.2, 0.25) is 0 Å². The molecule has 100 valence electrons. The summed E-state index contributed by atoms with van der Waals surface area (Å²) >= 11 is 1.92. The van der Waals surface area contributed by atoms with Gasteiger partial charge in [-0.2, -0.15) is 11.8 Å². The van der Waals surface area contributed by atoms with Crippen molar-refractivity contribution in [2.75, 3.05) is 11.5 Å². The fourth-order valence-corrected chi connectivity index (χ4v) is 5.36. The monoisotopic (exact) mass is 269 g/mol. The van der Waals surface area contributed by atoms with Gasteiger partial charge in [0.25, 0.3) is 0 Å². The first-order valence-electron chi connectivity index (χ1n) is 6.61. The molecule has 2 saturated heterocycles. The molecular weight excluding hydrogens is 250 g/mol. The summed E-state index contributed by atoms with van der Waals surface area (Å²) in [6, 6.07) is 0. The van der Waals surface area contributed by atoms with Gasteiger partial charge in [0.1, 0.15) is 12.4 Å². The fraction of sp³-hybridized carbons (Fsp3) is 0.846. The van der Waals surface area contributed by atoms with Crippen LogP contribution in [0.3, 0.4) is 0 Å². The van der Waals surface area contributed by atoms with Gasteiger partial charge < -0.3 is 15.3 Å². The van der Waals surface area contributed by atoms with Crippen LogP contribution in [-0.2, 0) is 14.3 Å². The number of hydrogen-bond donors (Lipinski definition) is 1. The first-order chi connectivity index (χ1) is 8.59. The van der Waals surface area contributed by atoms with Gasteiger partial charge in [-0.15, -0.1) is 0 Å². The first kappa shape index (κ1) is 12.5. The van der Waals surface area contributed by atoms with Crippen LogP contribution in [0.5, 0.6) is 0 Å². The average molecular weight is 269 g/mol. The van der Waals surface area contributed by atoms with Crippen molar-refractivity contribution in [2.45, 2.75) is 31.4 Å². The summed E-state index contributed by atoms with van der Waals surface area (Å²) in [5.74, 6) is 2.19. The van der Waals surface area contributed by atoms with Crippen LogP contribution in [0, 0.1) is 23.7 Å². The fourth-order valence-electron chi connectivity index (χ4n) is 4.07. The van der Waals surface area contributed by atoms with Gasteiger partial charge >= 0.3 is 5.97 Å². The van der Waals surface area contributed by atoms with Crippen molar-refractivity contribution < 1.29 is 14.3 Å². The van der Waals surface area contributed by atoms with Gasteiger partial charge in [-0.05, 0) is 43.1 Å². The van der Waals surface area contributed by atoms with Gasteiger partial charge in [0, 0.05) is 5.92 Å². The van der Waals surface area contributed by atoms with Crippen LogP contribution in [0.15, 0.2) is 0 Å². The molecule has 0 aromatic carbocycles. The molecule has 2 N–H and O–H groups in total. The van der Waals surface area contributed by atoms with Crippen LogP contribution >= 0.6 is 11.8 Å². The number of carbonyl (C=O) groups is 2. The number of esters is 1. The van der Waals surface area contributed by atoms with Gasteiger partial charge in [0.05, 0.1) is 11.5 Å². The zero-order valence-corrected chi connectivity index (χ0v) is 11.3. The third-order valence-corrected chi connectivity index (χ3v) is 6.33. The van der Waals surface area contributed by atoms with E-state index in [2.05, 4.69) is 0 Å². The Balaban J connectivity index is 1.99. The average Bonchev–Trinajstić information content (AvgIpc) is 2.58. The predicted octanol–water partition coefficient (Wildman–Crippen LogP) is 0.833. The number of aldehydes is 1. The van der Waals surface area contributed by atoms with Crippen molar-refractivity contribution in [3.8, 4) is 0 Å². The molecule has 1 aliphatic carbocycles. The number of nitrogens with two attached hydrogens (primary N) is 1. The van der Waals surface area contributed by atoms with Crippen molar-refractivity contribution in [1.29, 1.82) is 0 Å². The minimum atomic E-state index is -0.776. The van der Waals surface area contributed by atoms with Crippen molar-refractivity contribution in [3.05, 3.63) is 0 Å². The van der Waals surface area contributed by atoms with Gasteiger partial charge in [-0.25, -0.2) is 0 Å². The normalized spacial score (nSPS) is 51.2. The molecule has 2 aliphatic heterocycles. The van der Waals surface area contributed by atoms with Crippen LogP contribution in [0.4, 0.5) is 0 Å². The first-order valence-corrected chi connectivity index (χ1v) is 7.77. The smallest absolute Gasteiger partial charge is 0.311 e. The Labute approximate surface area is 111 Å². The van der Waals surface area contributed by atoms with E-state index < -0.39 is 5.54 Å². The third kappa shape index (κ3) is 1.50. The summed E-state index contributed by atoms with van der Waals surface area (Å²) < 4.78 is 5.32. The highest BCUT2D eigenvalue weighted by Crippen LogP contribution is 2.52. The summed E-state index contributed by atoms with van der Waals surface area (Å²) in [5, 5.41) is 0. The van der Waals surface area contributed by atoms with Crippen LogP contribution < -0.4 is 5.73 Å². The molecular formula is C13H19NO3S. The van der Waals surface area contributed by atoms with E-state index >= 15 is 0 Å². The van der Waals surface area contributed by atoms with Crippen molar-refractivity contribution in [1.82, 2.24) is 0 Å². The Kier molecular flexibility index (Phi) is 2.94. The van der Waals surface area contributed by atoms with Crippen molar-refractivity contribution in [2.24, 2.45) is 29.4 Å². The maximum absolute atomic E-state index is 11.9. The SMILES string of the molecule is C[C@H]1OC(=O)[C@@H]2C[C@@H]3CSCC[C@H]3[C@H](C=O)[C@]12N. The molecule has 0 unspecified atom stereocenters. The van der Waals surface area contributed by atoms with Crippen LogP contribution in [0.2, 0.25) is 0 Å². The van der Waals surface area contributed by atoms with E-state index in [1.807, 2.05) is 18.7 Å². The molecule has 3 aliphatic rings. The molecule has 0 radical (unpaired) electrons. The molecule has 18 heavy (non-hydrogen) atoms. The summed E-state index contributed by atoms with van der Waals surface area (Å²) in [6.45, 7) is 1.83. The van der Waals surface area contributed by atoms with E-state index in [-0.39, 0.29) is 23.9 Å². The number of cyclic esters (lactones) is 1. The van der Waals surface area contributed by atoms with E-state index in [4.69, 9.17) is 10.5 Å². The zero-order chi connectivity index (χ0) is 12.9. The molecule has 2 heterocycles. The minimum Gasteiger partial charge on any atom is -0.460 e. The van der Waals surface area contributed by atoms with E-state index in [0.717, 1.165) is 30.6 Å². The highest BCUT2D eigenvalue weighted by molar-refractivity contribution is 7.99. The molecule has 6 atom stereocenters. The van der Waals surface area contributed by atoms with Crippen LogP contribution in [-0.4, -0.2) is 35.4 Å². The second-order valence-electron chi connectivity index (χ2n) is 5.82. The predicted molar refractivity (Wildman–Crippen MR) is 69.1 cm³/mol. The molecule has 4 nitrogen and oxygen atoms in total. The highest BCUT2D eigenvalue weighted by Gasteiger charge is 2.63. The number of hydrogen-bond acceptors (Lipinski definition) is 5. The van der Waals surface area contributed by atoms with E-state index in [1.54, 1.807) is 0 Å². The number of rotatable bonds is 1.